The van der Waals surface area contributed by atoms with Crippen molar-refractivity contribution in [3.63, 3.8) is 0 Å². The Morgan fingerprint density at radius 1 is 1.05 bits per heavy atom. The molecule has 14 heteroatoms. The number of aliphatic hydroxyl groups excluding tert-OH is 1. The zero-order valence-electron chi connectivity index (χ0n) is 23.7. The van der Waals surface area contributed by atoms with Gasteiger partial charge in [-0.05, 0) is 24.6 Å². The van der Waals surface area contributed by atoms with Crippen molar-refractivity contribution in [1.29, 1.82) is 0 Å². The van der Waals surface area contributed by atoms with E-state index in [4.69, 9.17) is 25.3 Å². The molecule has 6 rings (SSSR count). The predicted octanol–water partition coefficient (Wildman–Crippen LogP) is 1.02. The van der Waals surface area contributed by atoms with Gasteiger partial charge in [-0.2, -0.15) is 10.0 Å². The highest BCUT2D eigenvalue weighted by Crippen LogP contribution is 2.36. The van der Waals surface area contributed by atoms with E-state index >= 15 is 0 Å². The second-order valence-corrected chi connectivity index (χ2v) is 10.4. The monoisotopic (exact) mass is 576 g/mol. The number of hydrogen-bond acceptors (Lipinski definition) is 13. The van der Waals surface area contributed by atoms with Crippen molar-refractivity contribution in [2.45, 2.75) is 6.42 Å². The topological polar surface area (TPSA) is 150 Å². The molecule has 3 aliphatic heterocycles. The minimum absolute atomic E-state index is 0.168. The highest BCUT2D eigenvalue weighted by Gasteiger charge is 2.32. The number of carbonyl (C=O) groups excluding carboxylic acids is 1. The number of nitrogens with two attached hydrogens (primary N) is 1. The Morgan fingerprint density at radius 2 is 1.81 bits per heavy atom. The van der Waals surface area contributed by atoms with Gasteiger partial charge in [0.2, 0.25) is 11.9 Å². The Kier molecular flexibility index (Phi) is 8.17. The number of rotatable bonds is 7. The predicted molar refractivity (Wildman–Crippen MR) is 159 cm³/mol. The molecule has 3 aromatic rings. The number of ether oxygens (including phenoxy) is 1. The standard InChI is InChI=1S/C28H36N10O4/c1-34(21-3-2-4-22(17-21)36-9-7-35(8-10-36)11-14-39)28(40)42-38-6-5-23-24(20-18-30-26(29)31-19-20)32-27(33-25(23)38)37-12-15-41-16-13-37/h2-4,17-19,39H,5-16H2,1H3,(H2,29,30,31). The summed E-state index contributed by atoms with van der Waals surface area (Å²) in [6.07, 6.45) is 3.37. The first-order valence-corrected chi connectivity index (χ1v) is 14.2. The molecule has 2 fully saturated rings. The van der Waals surface area contributed by atoms with Crippen molar-refractivity contribution in [2.24, 2.45) is 0 Å². The largest absolute Gasteiger partial charge is 0.438 e. The summed E-state index contributed by atoms with van der Waals surface area (Å²) in [7, 11) is 1.70. The van der Waals surface area contributed by atoms with Crippen molar-refractivity contribution in [3.8, 4) is 11.3 Å². The summed E-state index contributed by atoms with van der Waals surface area (Å²) in [4.78, 5) is 45.4. The molecule has 222 valence electrons. The summed E-state index contributed by atoms with van der Waals surface area (Å²) in [6.45, 7) is 7.27. The molecular formula is C28H36N10O4. The van der Waals surface area contributed by atoms with Gasteiger partial charge in [0.15, 0.2) is 5.82 Å². The molecule has 0 bridgehead atoms. The number of fused-ring (bicyclic) bond motifs is 1. The normalized spacial score (nSPS) is 17.3. The number of morpholine rings is 1. The van der Waals surface area contributed by atoms with Crippen LogP contribution in [0, 0.1) is 0 Å². The van der Waals surface area contributed by atoms with Gasteiger partial charge in [-0.3, -0.25) is 9.80 Å². The summed E-state index contributed by atoms with van der Waals surface area (Å²) in [6, 6.07) is 7.89. The third-order valence-corrected chi connectivity index (χ3v) is 7.85. The molecule has 3 N–H and O–H groups in total. The Balaban J connectivity index is 1.21. The summed E-state index contributed by atoms with van der Waals surface area (Å²) >= 11 is 0. The molecule has 2 saturated heterocycles. The number of piperazine rings is 1. The van der Waals surface area contributed by atoms with E-state index in [0.29, 0.717) is 63.3 Å². The van der Waals surface area contributed by atoms with Crippen LogP contribution in [0.5, 0.6) is 0 Å². The van der Waals surface area contributed by atoms with Gasteiger partial charge >= 0.3 is 6.09 Å². The van der Waals surface area contributed by atoms with Crippen molar-refractivity contribution in [2.75, 3.05) is 105 Å². The number of anilines is 5. The molecule has 42 heavy (non-hydrogen) atoms. The first kappa shape index (κ1) is 27.9. The fourth-order valence-corrected chi connectivity index (χ4v) is 5.44. The van der Waals surface area contributed by atoms with Crippen LogP contribution in [0.4, 0.5) is 33.9 Å². The lowest BCUT2D eigenvalue weighted by atomic mass is 10.1. The van der Waals surface area contributed by atoms with Crippen LogP contribution >= 0.6 is 0 Å². The lowest BCUT2D eigenvalue weighted by Gasteiger charge is -2.36. The minimum Gasteiger partial charge on any atom is -0.395 e. The van der Waals surface area contributed by atoms with E-state index in [2.05, 4.69) is 24.7 Å². The minimum atomic E-state index is -0.517. The summed E-state index contributed by atoms with van der Waals surface area (Å²) in [5.74, 6) is 1.27. The van der Waals surface area contributed by atoms with Crippen LogP contribution in [-0.4, -0.2) is 115 Å². The summed E-state index contributed by atoms with van der Waals surface area (Å²) in [5, 5.41) is 10.8. The van der Waals surface area contributed by atoms with Gasteiger partial charge in [0, 0.05) is 87.8 Å². The van der Waals surface area contributed by atoms with E-state index in [9.17, 15) is 9.90 Å². The Labute approximate surface area is 244 Å². The van der Waals surface area contributed by atoms with Gasteiger partial charge < -0.3 is 30.2 Å². The van der Waals surface area contributed by atoms with E-state index in [-0.39, 0.29) is 12.6 Å². The van der Waals surface area contributed by atoms with Crippen molar-refractivity contribution in [3.05, 3.63) is 42.2 Å². The number of nitrogen functional groups attached to an aromatic ring is 1. The molecule has 14 nitrogen and oxygen atoms in total. The number of aliphatic hydroxyl groups is 1. The van der Waals surface area contributed by atoms with Gasteiger partial charge in [0.05, 0.1) is 32.1 Å². The van der Waals surface area contributed by atoms with E-state index in [1.165, 1.54) is 4.90 Å². The van der Waals surface area contributed by atoms with Gasteiger partial charge in [-0.15, -0.1) is 0 Å². The quantitative estimate of drug-likeness (QED) is 0.412. The van der Waals surface area contributed by atoms with Crippen LogP contribution in [0.15, 0.2) is 36.7 Å². The maximum absolute atomic E-state index is 13.4. The lowest BCUT2D eigenvalue weighted by molar-refractivity contribution is 0.122. The van der Waals surface area contributed by atoms with E-state index in [1.807, 2.05) is 24.3 Å². The number of hydroxylamine groups is 1. The first-order valence-electron chi connectivity index (χ1n) is 14.2. The average molecular weight is 577 g/mol. The lowest BCUT2D eigenvalue weighted by Crippen LogP contribution is -2.47. The molecule has 5 heterocycles. The number of β-amino-alcohol motifs (C(OH)–C–C–N with tert-alkyl or cyclic N) is 1. The molecule has 0 atom stereocenters. The summed E-state index contributed by atoms with van der Waals surface area (Å²) in [5.41, 5.74) is 9.77. The zero-order chi connectivity index (χ0) is 29.1. The third kappa shape index (κ3) is 5.86. The van der Waals surface area contributed by atoms with Crippen LogP contribution in [0.25, 0.3) is 11.3 Å². The van der Waals surface area contributed by atoms with Crippen molar-refractivity contribution in [1.82, 2.24) is 24.8 Å². The zero-order valence-corrected chi connectivity index (χ0v) is 23.7. The van der Waals surface area contributed by atoms with Gasteiger partial charge in [-0.1, -0.05) is 6.07 Å². The fourth-order valence-electron chi connectivity index (χ4n) is 5.44. The van der Waals surface area contributed by atoms with Gasteiger partial charge in [0.1, 0.15) is 0 Å². The number of nitrogens with zero attached hydrogens (tertiary/aromatic N) is 9. The maximum Gasteiger partial charge on any atom is 0.438 e. The van der Waals surface area contributed by atoms with Crippen LogP contribution in [0.3, 0.4) is 0 Å². The second-order valence-electron chi connectivity index (χ2n) is 10.4. The highest BCUT2D eigenvalue weighted by molar-refractivity contribution is 5.88. The molecule has 0 saturated carbocycles. The third-order valence-electron chi connectivity index (χ3n) is 7.85. The number of hydrogen-bond donors (Lipinski definition) is 2. The number of carbonyl (C=O) groups is 1. The number of benzene rings is 1. The molecule has 3 aliphatic rings. The Bertz CT molecular complexity index is 1390. The van der Waals surface area contributed by atoms with Crippen molar-refractivity contribution >= 4 is 35.2 Å². The maximum atomic E-state index is 13.4. The SMILES string of the molecule is CN(C(=O)ON1CCc2c(-c3cnc(N)nc3)nc(N3CCOCC3)nc21)c1cccc(N2CCN(CCO)CC2)c1. The van der Waals surface area contributed by atoms with Crippen LogP contribution in [0.2, 0.25) is 0 Å². The molecule has 0 aliphatic carbocycles. The molecule has 2 aromatic heterocycles. The Morgan fingerprint density at radius 3 is 2.55 bits per heavy atom. The fraction of sp³-hybridized carbons (Fsp3) is 0.464. The summed E-state index contributed by atoms with van der Waals surface area (Å²) < 4.78 is 5.51. The van der Waals surface area contributed by atoms with E-state index in [0.717, 1.165) is 48.7 Å². The molecule has 0 spiro atoms. The molecule has 0 unspecified atom stereocenters. The molecule has 1 amide bonds. The van der Waals surface area contributed by atoms with E-state index < -0.39 is 6.09 Å². The number of aromatic nitrogens is 4. The Hall–Kier alpha value is -4.27. The molecular weight excluding hydrogens is 540 g/mol. The van der Waals surface area contributed by atoms with Crippen LogP contribution in [-0.2, 0) is 16.0 Å². The molecule has 1 aromatic carbocycles. The average Bonchev–Trinajstić information content (AvgIpc) is 3.44. The second kappa shape index (κ2) is 12.3. The highest BCUT2D eigenvalue weighted by atomic mass is 16.7. The molecule has 0 radical (unpaired) electrons. The van der Waals surface area contributed by atoms with Crippen LogP contribution < -0.4 is 25.5 Å². The smallest absolute Gasteiger partial charge is 0.395 e. The van der Waals surface area contributed by atoms with E-state index in [1.54, 1.807) is 24.5 Å². The van der Waals surface area contributed by atoms with Crippen LogP contribution in [0.1, 0.15) is 5.56 Å². The number of amides is 1. The van der Waals surface area contributed by atoms with Crippen molar-refractivity contribution < 1.29 is 19.5 Å². The first-order chi connectivity index (χ1) is 20.5. The van der Waals surface area contributed by atoms with Gasteiger partial charge in [0.25, 0.3) is 0 Å². The van der Waals surface area contributed by atoms with Gasteiger partial charge in [-0.25, -0.2) is 19.7 Å².